The summed E-state index contributed by atoms with van der Waals surface area (Å²) in [6, 6.07) is 15.3. The minimum Gasteiger partial charge on any atom is -0.369 e. The molecule has 0 aliphatic carbocycles. The van der Waals surface area contributed by atoms with Gasteiger partial charge in [-0.1, -0.05) is 48.0 Å². The third-order valence-corrected chi connectivity index (χ3v) is 8.77. The quantitative estimate of drug-likeness (QED) is 0.420. The first-order valence-electron chi connectivity index (χ1n) is 12.6. The summed E-state index contributed by atoms with van der Waals surface area (Å²) in [4.78, 5) is 17.6. The maximum Gasteiger partial charge on any atom is 0.263 e. The lowest BCUT2D eigenvalue weighted by atomic mass is 10.1. The van der Waals surface area contributed by atoms with Crippen molar-refractivity contribution in [3.63, 3.8) is 0 Å². The first-order chi connectivity index (χ1) is 17.6. The van der Waals surface area contributed by atoms with Gasteiger partial charge in [-0.3, -0.25) is 9.48 Å². The molecular weight excluding hydrogens is 510 g/mol. The Kier molecular flexibility index (Phi) is 8.26. The van der Waals surface area contributed by atoms with E-state index in [0.29, 0.717) is 44.3 Å². The maximum atomic E-state index is 13.8. The van der Waals surface area contributed by atoms with Crippen molar-refractivity contribution in [3.8, 4) is 0 Å². The maximum absolute atomic E-state index is 13.8. The summed E-state index contributed by atoms with van der Waals surface area (Å²) in [6.07, 6.45) is 1.56. The number of aromatic nitrogens is 2. The van der Waals surface area contributed by atoms with Gasteiger partial charge in [-0.2, -0.15) is 9.40 Å². The van der Waals surface area contributed by atoms with Crippen LogP contribution in [-0.4, -0.2) is 65.5 Å². The minimum absolute atomic E-state index is 0.111. The first-order valence-corrected chi connectivity index (χ1v) is 14.4. The number of anilines is 1. The molecule has 0 bridgehead atoms. The fraction of sp³-hybridized carbons (Fsp3) is 0.407. The number of hydrogen-bond donors (Lipinski definition) is 0. The molecule has 10 heteroatoms. The molecule has 1 saturated heterocycles. The lowest BCUT2D eigenvalue weighted by Gasteiger charge is -2.36. The van der Waals surface area contributed by atoms with E-state index in [0.717, 1.165) is 16.8 Å². The van der Waals surface area contributed by atoms with Crippen molar-refractivity contribution >= 4 is 33.2 Å². The van der Waals surface area contributed by atoms with Crippen molar-refractivity contribution in [1.29, 1.82) is 0 Å². The van der Waals surface area contributed by atoms with Crippen LogP contribution >= 0.6 is 11.6 Å². The Morgan fingerprint density at radius 2 is 1.76 bits per heavy atom. The molecule has 2 heterocycles. The van der Waals surface area contributed by atoms with Crippen molar-refractivity contribution < 1.29 is 13.2 Å². The zero-order valence-corrected chi connectivity index (χ0v) is 23.3. The summed E-state index contributed by atoms with van der Waals surface area (Å²) in [7, 11) is -3.98. The zero-order chi connectivity index (χ0) is 26.7. The van der Waals surface area contributed by atoms with Crippen LogP contribution in [0, 0.1) is 6.92 Å². The summed E-state index contributed by atoms with van der Waals surface area (Å²) in [5, 5.41) is 4.83. The largest absolute Gasteiger partial charge is 0.369 e. The number of aryl methyl sites for hydroxylation is 2. The summed E-state index contributed by atoms with van der Waals surface area (Å²) in [5.41, 5.74) is 3.18. The van der Waals surface area contributed by atoms with Gasteiger partial charge in [0.2, 0.25) is 5.03 Å². The molecule has 37 heavy (non-hydrogen) atoms. The number of sulfonamides is 1. The van der Waals surface area contributed by atoms with Gasteiger partial charge in [-0.25, -0.2) is 8.42 Å². The molecule has 1 aliphatic heterocycles. The number of benzene rings is 2. The molecule has 1 aromatic heterocycles. The normalized spacial score (nSPS) is 14.8. The Hall–Kier alpha value is -2.88. The molecule has 3 aromatic rings. The van der Waals surface area contributed by atoms with E-state index >= 15 is 0 Å². The van der Waals surface area contributed by atoms with Crippen LogP contribution in [0.5, 0.6) is 0 Å². The molecular formula is C27H34ClN5O3S. The number of carbonyl (C=O) groups excluding carboxylic acids is 1. The third-order valence-electron chi connectivity index (χ3n) is 6.70. The number of rotatable bonds is 8. The minimum atomic E-state index is -3.98. The van der Waals surface area contributed by atoms with Gasteiger partial charge in [0.1, 0.15) is 0 Å². The number of amides is 1. The molecule has 2 aromatic carbocycles. The van der Waals surface area contributed by atoms with Crippen LogP contribution in [0.4, 0.5) is 5.69 Å². The standard InChI is InChI=1S/C27H34ClN5O3S/c1-5-31-19-24(27(34)33(20(2)3)18-22-9-7-6-8-10-22)26(29-31)37(35,36)32-15-13-30(14-16-32)25-17-23(28)12-11-21(25)4/h6-12,17,19-20H,5,13-16,18H2,1-4H3. The van der Waals surface area contributed by atoms with Crippen molar-refractivity contribution in [2.75, 3.05) is 31.1 Å². The van der Waals surface area contributed by atoms with Crippen molar-refractivity contribution in [1.82, 2.24) is 19.0 Å². The van der Waals surface area contributed by atoms with E-state index in [1.807, 2.05) is 76.2 Å². The molecule has 0 radical (unpaired) electrons. The second-order valence-corrected chi connectivity index (χ2v) is 11.8. The molecule has 8 nitrogen and oxygen atoms in total. The van der Waals surface area contributed by atoms with E-state index in [1.54, 1.807) is 11.1 Å². The van der Waals surface area contributed by atoms with Gasteiger partial charge in [0.25, 0.3) is 15.9 Å². The summed E-state index contributed by atoms with van der Waals surface area (Å²) in [5.74, 6) is -0.342. The predicted molar refractivity (Wildman–Crippen MR) is 147 cm³/mol. The van der Waals surface area contributed by atoms with Crippen LogP contribution in [0.15, 0.2) is 59.8 Å². The average molecular weight is 544 g/mol. The van der Waals surface area contributed by atoms with Crippen molar-refractivity contribution in [2.24, 2.45) is 0 Å². The summed E-state index contributed by atoms with van der Waals surface area (Å²) in [6.45, 7) is 10.2. The van der Waals surface area contributed by atoms with Crippen LogP contribution in [0.1, 0.15) is 42.3 Å². The summed E-state index contributed by atoms with van der Waals surface area (Å²) < 4.78 is 30.5. The fourth-order valence-corrected chi connectivity index (χ4v) is 6.22. The smallest absolute Gasteiger partial charge is 0.263 e. The van der Waals surface area contributed by atoms with Crippen molar-refractivity contribution in [2.45, 2.75) is 51.9 Å². The Morgan fingerprint density at radius 3 is 2.38 bits per heavy atom. The van der Waals surface area contributed by atoms with Crippen LogP contribution in [-0.2, 0) is 23.1 Å². The number of carbonyl (C=O) groups is 1. The SMILES string of the molecule is CCn1cc(C(=O)N(Cc2ccccc2)C(C)C)c(S(=O)(=O)N2CCN(c3cc(Cl)ccc3C)CC2)n1. The highest BCUT2D eigenvalue weighted by atomic mass is 35.5. The van der Waals surface area contributed by atoms with Gasteiger partial charge in [-0.05, 0) is 51.0 Å². The Balaban J connectivity index is 1.59. The van der Waals surface area contributed by atoms with E-state index in [1.165, 1.54) is 8.99 Å². The lowest BCUT2D eigenvalue weighted by molar-refractivity contribution is 0.0686. The number of nitrogens with zero attached hydrogens (tertiary/aromatic N) is 5. The first kappa shape index (κ1) is 27.2. The average Bonchev–Trinajstić information content (AvgIpc) is 3.34. The van der Waals surface area contributed by atoms with E-state index in [9.17, 15) is 13.2 Å². The highest BCUT2D eigenvalue weighted by Gasteiger charge is 2.36. The molecule has 0 saturated carbocycles. The molecule has 4 rings (SSSR count). The Morgan fingerprint density at radius 1 is 1.08 bits per heavy atom. The predicted octanol–water partition coefficient (Wildman–Crippen LogP) is 4.43. The molecule has 198 valence electrons. The van der Waals surface area contributed by atoms with Gasteiger partial charge in [0, 0.05) is 62.2 Å². The topological polar surface area (TPSA) is 78.8 Å². The molecule has 0 spiro atoms. The van der Waals surface area contributed by atoms with E-state index < -0.39 is 10.0 Å². The van der Waals surface area contributed by atoms with Gasteiger partial charge >= 0.3 is 0 Å². The second kappa shape index (κ2) is 11.2. The third kappa shape index (κ3) is 5.84. The summed E-state index contributed by atoms with van der Waals surface area (Å²) >= 11 is 6.20. The molecule has 0 N–H and O–H groups in total. The zero-order valence-electron chi connectivity index (χ0n) is 21.8. The second-order valence-electron chi connectivity index (χ2n) is 9.54. The van der Waals surface area contributed by atoms with E-state index in [2.05, 4.69) is 10.00 Å². The van der Waals surface area contributed by atoms with Crippen LogP contribution in [0.2, 0.25) is 5.02 Å². The molecule has 0 unspecified atom stereocenters. The van der Waals surface area contributed by atoms with Gasteiger partial charge in [-0.15, -0.1) is 0 Å². The van der Waals surface area contributed by atoms with Crippen LogP contribution in [0.3, 0.4) is 0 Å². The monoisotopic (exact) mass is 543 g/mol. The van der Waals surface area contributed by atoms with Crippen molar-refractivity contribution in [3.05, 3.63) is 76.4 Å². The van der Waals surface area contributed by atoms with E-state index in [4.69, 9.17) is 11.6 Å². The Labute approximate surface area is 224 Å². The molecule has 1 amide bonds. The molecule has 1 aliphatic rings. The van der Waals surface area contributed by atoms with E-state index in [-0.39, 0.29) is 22.5 Å². The van der Waals surface area contributed by atoms with Gasteiger partial charge < -0.3 is 9.80 Å². The Bertz CT molecular complexity index is 1350. The highest BCUT2D eigenvalue weighted by Crippen LogP contribution is 2.28. The van der Waals surface area contributed by atoms with Gasteiger partial charge in [0.05, 0.1) is 5.56 Å². The number of hydrogen-bond acceptors (Lipinski definition) is 5. The molecule has 1 fully saturated rings. The highest BCUT2D eigenvalue weighted by molar-refractivity contribution is 7.89. The van der Waals surface area contributed by atoms with Crippen LogP contribution < -0.4 is 4.90 Å². The lowest BCUT2D eigenvalue weighted by Crippen LogP contribution is -2.49. The fourth-order valence-electron chi connectivity index (χ4n) is 4.54. The molecule has 0 atom stereocenters. The number of halogens is 1. The number of piperazine rings is 1. The van der Waals surface area contributed by atoms with Crippen LogP contribution in [0.25, 0.3) is 0 Å². The van der Waals surface area contributed by atoms with Gasteiger partial charge in [0.15, 0.2) is 0 Å².